The van der Waals surface area contributed by atoms with E-state index in [1.807, 2.05) is 4.90 Å². The Hall–Kier alpha value is -1.91. The van der Waals surface area contributed by atoms with Crippen LogP contribution >= 0.6 is 0 Å². The lowest BCUT2D eigenvalue weighted by atomic mass is 9.89. The highest BCUT2D eigenvalue weighted by molar-refractivity contribution is 5.93. The van der Waals surface area contributed by atoms with Gasteiger partial charge in [-0.15, -0.1) is 0 Å². The Bertz CT molecular complexity index is 517. The molecule has 1 atom stereocenters. The lowest BCUT2D eigenvalue weighted by molar-refractivity contribution is -0.119. The standard InChI is InChI=1S/C15H19N3O2/c19-13-4-6-15(17-13)5-2-9-18(10-7-15)14(20)12-3-1-8-16-11-12/h1,3,8,11H,2,4-7,9-10H2,(H,17,19). The van der Waals surface area contributed by atoms with Gasteiger partial charge in [0.25, 0.3) is 5.91 Å². The molecule has 1 N–H and O–H groups in total. The van der Waals surface area contributed by atoms with Crippen LogP contribution in [-0.4, -0.2) is 40.3 Å². The van der Waals surface area contributed by atoms with E-state index in [1.165, 1.54) is 0 Å². The number of carbonyl (C=O) groups excluding carboxylic acids is 2. The summed E-state index contributed by atoms with van der Waals surface area (Å²) in [5.74, 6) is 0.191. The quantitative estimate of drug-likeness (QED) is 0.840. The molecule has 0 radical (unpaired) electrons. The molecule has 106 valence electrons. The van der Waals surface area contributed by atoms with Gasteiger partial charge in [0.15, 0.2) is 0 Å². The van der Waals surface area contributed by atoms with E-state index in [-0.39, 0.29) is 17.4 Å². The molecule has 0 bridgehead atoms. The summed E-state index contributed by atoms with van der Waals surface area (Å²) in [6.07, 6.45) is 7.56. The summed E-state index contributed by atoms with van der Waals surface area (Å²) in [4.78, 5) is 29.8. The van der Waals surface area contributed by atoms with Crippen molar-refractivity contribution in [2.75, 3.05) is 13.1 Å². The second-order valence-corrected chi connectivity index (χ2v) is 5.72. The molecule has 2 fully saturated rings. The van der Waals surface area contributed by atoms with E-state index in [1.54, 1.807) is 24.5 Å². The molecule has 3 rings (SSSR count). The van der Waals surface area contributed by atoms with Crippen LogP contribution in [-0.2, 0) is 4.79 Å². The lowest BCUT2D eigenvalue weighted by Gasteiger charge is -2.27. The number of aromatic nitrogens is 1. The largest absolute Gasteiger partial charge is 0.351 e. The van der Waals surface area contributed by atoms with Crippen LogP contribution in [0, 0.1) is 0 Å². The smallest absolute Gasteiger partial charge is 0.255 e. The second kappa shape index (κ2) is 5.23. The Labute approximate surface area is 118 Å². The predicted molar refractivity (Wildman–Crippen MR) is 74.1 cm³/mol. The molecule has 1 aromatic rings. The molecule has 1 unspecified atom stereocenters. The molecule has 0 aliphatic carbocycles. The molecule has 5 heteroatoms. The van der Waals surface area contributed by atoms with E-state index >= 15 is 0 Å². The molecule has 0 aromatic carbocycles. The molecular formula is C15H19N3O2. The van der Waals surface area contributed by atoms with Gasteiger partial charge in [-0.05, 0) is 37.8 Å². The average Bonchev–Trinajstić information content (AvgIpc) is 2.71. The van der Waals surface area contributed by atoms with Gasteiger partial charge in [-0.25, -0.2) is 0 Å². The van der Waals surface area contributed by atoms with Crippen LogP contribution in [0.3, 0.4) is 0 Å². The van der Waals surface area contributed by atoms with Crippen molar-refractivity contribution in [2.24, 2.45) is 0 Å². The summed E-state index contributed by atoms with van der Waals surface area (Å²) >= 11 is 0. The van der Waals surface area contributed by atoms with Gasteiger partial charge in [0, 0.05) is 37.4 Å². The van der Waals surface area contributed by atoms with Crippen LogP contribution < -0.4 is 5.32 Å². The average molecular weight is 273 g/mol. The third-order valence-electron chi connectivity index (χ3n) is 4.37. The molecule has 5 nitrogen and oxygen atoms in total. The highest BCUT2D eigenvalue weighted by Crippen LogP contribution is 2.31. The number of pyridine rings is 1. The molecule has 2 aliphatic heterocycles. The number of likely N-dealkylation sites (tertiary alicyclic amines) is 1. The first-order valence-corrected chi connectivity index (χ1v) is 7.19. The first-order valence-electron chi connectivity index (χ1n) is 7.19. The van der Waals surface area contributed by atoms with Crippen molar-refractivity contribution in [3.8, 4) is 0 Å². The Morgan fingerprint density at radius 1 is 1.30 bits per heavy atom. The van der Waals surface area contributed by atoms with Crippen molar-refractivity contribution in [1.82, 2.24) is 15.2 Å². The fourth-order valence-corrected chi connectivity index (χ4v) is 3.22. The normalized spacial score (nSPS) is 26.4. The predicted octanol–water partition coefficient (Wildman–Crippen LogP) is 1.36. The van der Waals surface area contributed by atoms with Gasteiger partial charge in [-0.1, -0.05) is 0 Å². The summed E-state index contributed by atoms with van der Waals surface area (Å²) in [6, 6.07) is 3.58. The van der Waals surface area contributed by atoms with Crippen molar-refractivity contribution in [3.63, 3.8) is 0 Å². The number of rotatable bonds is 1. The van der Waals surface area contributed by atoms with E-state index in [4.69, 9.17) is 0 Å². The van der Waals surface area contributed by atoms with Gasteiger partial charge in [0.1, 0.15) is 0 Å². The van der Waals surface area contributed by atoms with Crippen LogP contribution in [0.15, 0.2) is 24.5 Å². The van der Waals surface area contributed by atoms with Gasteiger partial charge >= 0.3 is 0 Å². The van der Waals surface area contributed by atoms with Crippen molar-refractivity contribution < 1.29 is 9.59 Å². The van der Waals surface area contributed by atoms with E-state index in [2.05, 4.69) is 10.3 Å². The fraction of sp³-hybridized carbons (Fsp3) is 0.533. The third-order valence-corrected chi connectivity index (χ3v) is 4.37. The fourth-order valence-electron chi connectivity index (χ4n) is 3.22. The maximum Gasteiger partial charge on any atom is 0.255 e. The first-order chi connectivity index (χ1) is 9.69. The third kappa shape index (κ3) is 2.53. The minimum atomic E-state index is -0.0684. The Kier molecular flexibility index (Phi) is 3.42. The Balaban J connectivity index is 1.69. The van der Waals surface area contributed by atoms with Crippen LogP contribution in [0.5, 0.6) is 0 Å². The van der Waals surface area contributed by atoms with Gasteiger partial charge in [0.05, 0.1) is 5.56 Å². The Morgan fingerprint density at radius 2 is 2.20 bits per heavy atom. The topological polar surface area (TPSA) is 62.3 Å². The van der Waals surface area contributed by atoms with Crippen molar-refractivity contribution >= 4 is 11.8 Å². The number of nitrogens with zero attached hydrogens (tertiary/aromatic N) is 2. The van der Waals surface area contributed by atoms with Gasteiger partial charge in [-0.3, -0.25) is 14.6 Å². The van der Waals surface area contributed by atoms with Crippen LogP contribution in [0.2, 0.25) is 0 Å². The molecule has 0 saturated carbocycles. The zero-order chi connectivity index (χ0) is 14.0. The highest BCUT2D eigenvalue weighted by atomic mass is 16.2. The summed E-state index contributed by atoms with van der Waals surface area (Å²) in [6.45, 7) is 1.46. The molecule has 1 aromatic heterocycles. The van der Waals surface area contributed by atoms with E-state index < -0.39 is 0 Å². The molecule has 2 aliphatic rings. The number of carbonyl (C=O) groups is 2. The zero-order valence-electron chi connectivity index (χ0n) is 11.5. The van der Waals surface area contributed by atoms with Gasteiger partial charge in [0.2, 0.25) is 5.91 Å². The van der Waals surface area contributed by atoms with Gasteiger partial charge in [-0.2, -0.15) is 0 Å². The van der Waals surface area contributed by atoms with Crippen LogP contribution in [0.1, 0.15) is 42.5 Å². The zero-order valence-corrected chi connectivity index (χ0v) is 11.5. The number of nitrogens with one attached hydrogen (secondary N) is 1. The maximum atomic E-state index is 12.4. The summed E-state index contributed by atoms with van der Waals surface area (Å²) in [5.41, 5.74) is 0.569. The van der Waals surface area contributed by atoms with E-state index in [9.17, 15) is 9.59 Å². The molecule has 1 spiro atoms. The van der Waals surface area contributed by atoms with Crippen molar-refractivity contribution in [2.45, 2.75) is 37.6 Å². The number of hydrogen-bond acceptors (Lipinski definition) is 3. The molecule has 2 saturated heterocycles. The van der Waals surface area contributed by atoms with Crippen LogP contribution in [0.4, 0.5) is 0 Å². The molecule has 20 heavy (non-hydrogen) atoms. The molecular weight excluding hydrogens is 254 g/mol. The SMILES string of the molecule is O=C1CCC2(CCCN(C(=O)c3cccnc3)CC2)N1. The second-order valence-electron chi connectivity index (χ2n) is 5.72. The van der Waals surface area contributed by atoms with Crippen LogP contribution in [0.25, 0.3) is 0 Å². The minimum Gasteiger partial charge on any atom is -0.351 e. The number of amides is 2. The van der Waals surface area contributed by atoms with Crippen molar-refractivity contribution in [3.05, 3.63) is 30.1 Å². The van der Waals surface area contributed by atoms with E-state index in [0.717, 1.165) is 32.2 Å². The summed E-state index contributed by atoms with van der Waals surface area (Å²) in [5, 5.41) is 3.12. The highest BCUT2D eigenvalue weighted by Gasteiger charge is 2.39. The number of hydrogen-bond donors (Lipinski definition) is 1. The first kappa shape index (κ1) is 13.1. The molecule has 3 heterocycles. The molecule has 2 amide bonds. The summed E-state index contributed by atoms with van der Waals surface area (Å²) in [7, 11) is 0. The minimum absolute atomic E-state index is 0.0412. The monoisotopic (exact) mass is 273 g/mol. The lowest BCUT2D eigenvalue weighted by Crippen LogP contribution is -2.42. The van der Waals surface area contributed by atoms with Gasteiger partial charge < -0.3 is 10.2 Å². The Morgan fingerprint density at radius 3 is 2.90 bits per heavy atom. The van der Waals surface area contributed by atoms with Crippen molar-refractivity contribution in [1.29, 1.82) is 0 Å². The summed E-state index contributed by atoms with van der Waals surface area (Å²) < 4.78 is 0. The maximum absolute atomic E-state index is 12.4. The van der Waals surface area contributed by atoms with E-state index in [0.29, 0.717) is 18.5 Å².